The summed E-state index contributed by atoms with van der Waals surface area (Å²) >= 11 is 18.4. The van der Waals surface area contributed by atoms with Crippen molar-refractivity contribution in [2.45, 2.75) is 44.6 Å². The van der Waals surface area contributed by atoms with E-state index in [0.29, 0.717) is 21.5 Å². The maximum absolute atomic E-state index is 13.5. The van der Waals surface area contributed by atoms with Gasteiger partial charge in [-0.15, -0.1) is 0 Å². The summed E-state index contributed by atoms with van der Waals surface area (Å²) in [5.74, 6) is 0.0634. The molecule has 1 aliphatic rings. The van der Waals surface area contributed by atoms with Crippen LogP contribution >= 0.6 is 34.8 Å². The highest BCUT2D eigenvalue weighted by Crippen LogP contribution is 2.37. The SMILES string of the molecule is COC(c1cccc(Cl)c1)C1CCCCCC(Cc2ccc(Cl)c(Cl)c2)C1=O. The Morgan fingerprint density at radius 2 is 1.79 bits per heavy atom. The van der Waals surface area contributed by atoms with Crippen molar-refractivity contribution in [2.24, 2.45) is 11.8 Å². The van der Waals surface area contributed by atoms with Gasteiger partial charge in [0.25, 0.3) is 0 Å². The van der Waals surface area contributed by atoms with Crippen LogP contribution in [0.25, 0.3) is 0 Å². The van der Waals surface area contributed by atoms with E-state index in [9.17, 15) is 4.79 Å². The quantitative estimate of drug-likeness (QED) is 0.487. The molecule has 150 valence electrons. The lowest BCUT2D eigenvalue weighted by Crippen LogP contribution is -2.32. The number of carbonyl (C=O) groups is 1. The lowest BCUT2D eigenvalue weighted by molar-refractivity contribution is -0.132. The van der Waals surface area contributed by atoms with Crippen molar-refractivity contribution in [3.8, 4) is 0 Å². The summed E-state index contributed by atoms with van der Waals surface area (Å²) in [7, 11) is 1.67. The summed E-state index contributed by atoms with van der Waals surface area (Å²) in [4.78, 5) is 13.5. The molecule has 1 fully saturated rings. The maximum atomic E-state index is 13.5. The Balaban J connectivity index is 1.85. The molecule has 2 nitrogen and oxygen atoms in total. The molecule has 3 rings (SSSR count). The van der Waals surface area contributed by atoms with E-state index in [2.05, 4.69) is 0 Å². The number of Topliss-reactive ketones (excluding diaryl/α,β-unsaturated/α-hetero) is 1. The van der Waals surface area contributed by atoms with Gasteiger partial charge in [0.2, 0.25) is 0 Å². The van der Waals surface area contributed by atoms with Gasteiger partial charge in [-0.1, -0.05) is 72.3 Å². The summed E-state index contributed by atoms with van der Waals surface area (Å²) in [6, 6.07) is 13.3. The molecule has 0 aromatic heterocycles. The molecule has 2 aromatic rings. The largest absolute Gasteiger partial charge is 0.376 e. The summed E-state index contributed by atoms with van der Waals surface area (Å²) in [5, 5.41) is 1.72. The number of hydrogen-bond donors (Lipinski definition) is 0. The Morgan fingerprint density at radius 3 is 2.50 bits per heavy atom. The molecule has 0 aliphatic heterocycles. The number of rotatable bonds is 5. The molecular weight excluding hydrogens is 415 g/mol. The molecule has 0 N–H and O–H groups in total. The van der Waals surface area contributed by atoms with Gasteiger partial charge in [0.1, 0.15) is 5.78 Å². The first-order valence-electron chi connectivity index (χ1n) is 9.75. The van der Waals surface area contributed by atoms with Crippen molar-refractivity contribution in [1.82, 2.24) is 0 Å². The van der Waals surface area contributed by atoms with Gasteiger partial charge in [0.05, 0.1) is 16.1 Å². The molecule has 3 unspecified atom stereocenters. The van der Waals surface area contributed by atoms with Gasteiger partial charge in [-0.2, -0.15) is 0 Å². The topological polar surface area (TPSA) is 26.3 Å². The number of halogens is 3. The standard InChI is InChI=1S/C23H25Cl3O2/c1-28-23(17-7-5-8-18(24)14-17)19-9-4-2-3-6-16(22(19)27)12-15-10-11-20(25)21(26)13-15/h5,7-8,10-11,13-14,16,19,23H,2-4,6,9,12H2,1H3. The van der Waals surface area contributed by atoms with Crippen LogP contribution in [0.1, 0.15) is 49.3 Å². The Bertz CT molecular complexity index is 821. The third-order valence-electron chi connectivity index (χ3n) is 5.60. The maximum Gasteiger partial charge on any atom is 0.142 e. The van der Waals surface area contributed by atoms with Crippen LogP contribution in [0.3, 0.4) is 0 Å². The van der Waals surface area contributed by atoms with Gasteiger partial charge in [-0.25, -0.2) is 0 Å². The van der Waals surface area contributed by atoms with Gasteiger partial charge in [-0.05, 0) is 54.7 Å². The third kappa shape index (κ3) is 5.30. The Labute approximate surface area is 182 Å². The molecule has 1 saturated carbocycles. The molecule has 2 aromatic carbocycles. The van der Waals surface area contributed by atoms with E-state index >= 15 is 0 Å². The number of ketones is 1. The molecule has 5 heteroatoms. The fraction of sp³-hybridized carbons (Fsp3) is 0.435. The fourth-order valence-electron chi connectivity index (χ4n) is 4.19. The van der Waals surface area contributed by atoms with E-state index < -0.39 is 0 Å². The zero-order valence-corrected chi connectivity index (χ0v) is 18.2. The number of methoxy groups -OCH3 is 1. The molecule has 0 bridgehead atoms. The van der Waals surface area contributed by atoms with Gasteiger partial charge < -0.3 is 4.74 Å². The second-order valence-electron chi connectivity index (χ2n) is 7.51. The lowest BCUT2D eigenvalue weighted by atomic mass is 9.76. The van der Waals surface area contributed by atoms with E-state index in [1.165, 1.54) is 0 Å². The zero-order chi connectivity index (χ0) is 20.1. The van der Waals surface area contributed by atoms with Gasteiger partial charge in [0.15, 0.2) is 0 Å². The van der Waals surface area contributed by atoms with E-state index in [1.54, 1.807) is 13.2 Å². The molecule has 3 atom stereocenters. The monoisotopic (exact) mass is 438 g/mol. The average Bonchev–Trinajstić information content (AvgIpc) is 2.67. The molecule has 0 radical (unpaired) electrons. The summed E-state index contributed by atoms with van der Waals surface area (Å²) in [6.07, 6.45) is 5.37. The van der Waals surface area contributed by atoms with Crippen molar-refractivity contribution in [3.63, 3.8) is 0 Å². The first-order chi connectivity index (χ1) is 13.5. The molecular formula is C23H25Cl3O2. The highest BCUT2D eigenvalue weighted by atomic mass is 35.5. The first kappa shape index (κ1) is 21.6. The Kier molecular flexibility index (Phi) is 7.82. The van der Waals surface area contributed by atoms with E-state index in [4.69, 9.17) is 39.5 Å². The second kappa shape index (κ2) is 10.1. The first-order valence-corrected chi connectivity index (χ1v) is 10.9. The number of ether oxygens (including phenoxy) is 1. The normalized spacial score (nSPS) is 21.8. The Hall–Kier alpha value is -1.06. The van der Waals surface area contributed by atoms with E-state index in [-0.39, 0.29) is 23.7 Å². The fourth-order valence-corrected chi connectivity index (χ4v) is 4.71. The molecule has 0 heterocycles. The van der Waals surface area contributed by atoms with Gasteiger partial charge >= 0.3 is 0 Å². The number of benzene rings is 2. The smallest absolute Gasteiger partial charge is 0.142 e. The van der Waals surface area contributed by atoms with Crippen LogP contribution in [0, 0.1) is 11.8 Å². The predicted octanol–water partition coefficient (Wildman–Crippen LogP) is 7.34. The predicted molar refractivity (Wildman–Crippen MR) is 116 cm³/mol. The molecule has 0 amide bonds. The van der Waals surface area contributed by atoms with Crippen LogP contribution < -0.4 is 0 Å². The average molecular weight is 440 g/mol. The summed E-state index contributed by atoms with van der Waals surface area (Å²) < 4.78 is 5.81. The van der Waals surface area contributed by atoms with Crippen molar-refractivity contribution in [1.29, 1.82) is 0 Å². The van der Waals surface area contributed by atoms with E-state index in [0.717, 1.165) is 43.2 Å². The van der Waals surface area contributed by atoms with Crippen LogP contribution in [0.2, 0.25) is 15.1 Å². The number of carbonyl (C=O) groups excluding carboxylic acids is 1. The minimum atomic E-state index is -0.277. The zero-order valence-electron chi connectivity index (χ0n) is 16.0. The molecule has 28 heavy (non-hydrogen) atoms. The summed E-state index contributed by atoms with van der Waals surface area (Å²) in [5.41, 5.74) is 2.01. The lowest BCUT2D eigenvalue weighted by Gasteiger charge is -2.31. The highest BCUT2D eigenvalue weighted by Gasteiger charge is 2.35. The molecule has 1 aliphatic carbocycles. The van der Waals surface area contributed by atoms with Crippen molar-refractivity contribution >= 4 is 40.6 Å². The Morgan fingerprint density at radius 1 is 1.00 bits per heavy atom. The van der Waals surface area contributed by atoms with Crippen LogP contribution in [-0.4, -0.2) is 12.9 Å². The van der Waals surface area contributed by atoms with Crippen LogP contribution in [0.5, 0.6) is 0 Å². The third-order valence-corrected chi connectivity index (χ3v) is 6.57. The molecule has 0 saturated heterocycles. The number of hydrogen-bond acceptors (Lipinski definition) is 2. The van der Waals surface area contributed by atoms with E-state index in [1.807, 2.05) is 36.4 Å². The van der Waals surface area contributed by atoms with Crippen molar-refractivity contribution < 1.29 is 9.53 Å². The van der Waals surface area contributed by atoms with Crippen molar-refractivity contribution in [3.05, 3.63) is 68.7 Å². The second-order valence-corrected chi connectivity index (χ2v) is 8.76. The van der Waals surface area contributed by atoms with Crippen LogP contribution in [-0.2, 0) is 16.0 Å². The minimum absolute atomic E-state index is 0.0422. The van der Waals surface area contributed by atoms with Crippen molar-refractivity contribution in [2.75, 3.05) is 7.11 Å². The van der Waals surface area contributed by atoms with Gasteiger partial charge in [-0.3, -0.25) is 4.79 Å². The van der Waals surface area contributed by atoms with Crippen LogP contribution in [0.4, 0.5) is 0 Å². The van der Waals surface area contributed by atoms with Crippen LogP contribution in [0.15, 0.2) is 42.5 Å². The molecule has 0 spiro atoms. The summed E-state index contributed by atoms with van der Waals surface area (Å²) in [6.45, 7) is 0. The highest BCUT2D eigenvalue weighted by molar-refractivity contribution is 6.42. The minimum Gasteiger partial charge on any atom is -0.376 e. The van der Waals surface area contributed by atoms with Gasteiger partial charge in [0, 0.05) is 24.0 Å².